The fraction of sp³-hybridized carbons (Fsp3) is 0.538. The van der Waals surface area contributed by atoms with Gasteiger partial charge < -0.3 is 9.84 Å². The van der Waals surface area contributed by atoms with E-state index in [4.69, 9.17) is 16.3 Å². The van der Waals surface area contributed by atoms with Crippen molar-refractivity contribution in [3.8, 4) is 0 Å². The van der Waals surface area contributed by atoms with Crippen LogP contribution >= 0.6 is 11.6 Å². The molecular weight excluding hydrogens is 224 g/mol. The Kier molecular flexibility index (Phi) is 4.22. The lowest BCUT2D eigenvalue weighted by Gasteiger charge is -2.26. The predicted octanol–water partition coefficient (Wildman–Crippen LogP) is 2.67. The summed E-state index contributed by atoms with van der Waals surface area (Å²) in [6.07, 6.45) is 2.36. The number of hydrogen-bond donors (Lipinski definition) is 1. The fourth-order valence-electron chi connectivity index (χ4n) is 2.13. The largest absolute Gasteiger partial charge is 0.392 e. The Morgan fingerprint density at radius 1 is 1.44 bits per heavy atom. The first-order chi connectivity index (χ1) is 7.77. The molecule has 0 bridgehead atoms. The van der Waals surface area contributed by atoms with E-state index in [9.17, 15) is 5.11 Å². The van der Waals surface area contributed by atoms with Crippen LogP contribution in [-0.2, 0) is 11.2 Å². The summed E-state index contributed by atoms with van der Waals surface area (Å²) in [5.41, 5.74) is 1.02. The second kappa shape index (κ2) is 5.67. The van der Waals surface area contributed by atoms with E-state index < -0.39 is 0 Å². The van der Waals surface area contributed by atoms with E-state index in [-0.39, 0.29) is 12.0 Å². The molecule has 1 N–H and O–H groups in total. The third-order valence-electron chi connectivity index (χ3n) is 3.13. The van der Waals surface area contributed by atoms with Gasteiger partial charge in [-0.05, 0) is 24.5 Å². The zero-order valence-corrected chi connectivity index (χ0v) is 9.99. The van der Waals surface area contributed by atoms with Crippen molar-refractivity contribution in [1.82, 2.24) is 0 Å². The summed E-state index contributed by atoms with van der Waals surface area (Å²) in [4.78, 5) is 0. The van der Waals surface area contributed by atoms with Crippen LogP contribution in [0.2, 0.25) is 5.02 Å². The van der Waals surface area contributed by atoms with E-state index in [1.165, 1.54) is 0 Å². The molecular formula is C13H17ClO2. The van der Waals surface area contributed by atoms with Gasteiger partial charge in [-0.3, -0.25) is 0 Å². The minimum atomic E-state index is -0.347. The van der Waals surface area contributed by atoms with Crippen molar-refractivity contribution < 1.29 is 9.84 Å². The fourth-order valence-corrected chi connectivity index (χ4v) is 2.34. The first-order valence-corrected chi connectivity index (χ1v) is 6.14. The average Bonchev–Trinajstić information content (AvgIpc) is 2.33. The van der Waals surface area contributed by atoms with Gasteiger partial charge in [0.05, 0.1) is 12.7 Å². The van der Waals surface area contributed by atoms with Crippen LogP contribution in [0.4, 0.5) is 0 Å². The van der Waals surface area contributed by atoms with Crippen molar-refractivity contribution in [2.24, 2.45) is 5.92 Å². The van der Waals surface area contributed by atoms with Gasteiger partial charge in [0.15, 0.2) is 0 Å². The summed E-state index contributed by atoms with van der Waals surface area (Å²) in [7, 11) is 0. The number of benzene rings is 1. The number of hydrogen-bond acceptors (Lipinski definition) is 2. The van der Waals surface area contributed by atoms with Crippen LogP contribution in [-0.4, -0.2) is 24.4 Å². The molecule has 0 amide bonds. The highest BCUT2D eigenvalue weighted by molar-refractivity contribution is 6.31. The van der Waals surface area contributed by atoms with Gasteiger partial charge in [0.1, 0.15) is 0 Å². The molecule has 1 aromatic rings. The summed E-state index contributed by atoms with van der Waals surface area (Å²) >= 11 is 6.06. The van der Waals surface area contributed by atoms with Gasteiger partial charge in [-0.2, -0.15) is 0 Å². The van der Waals surface area contributed by atoms with Crippen molar-refractivity contribution in [1.29, 1.82) is 0 Å². The zero-order chi connectivity index (χ0) is 11.4. The molecule has 88 valence electrons. The van der Waals surface area contributed by atoms with Crippen molar-refractivity contribution in [3.63, 3.8) is 0 Å². The Balaban J connectivity index is 1.96. The lowest BCUT2D eigenvalue weighted by Crippen LogP contribution is -2.30. The highest BCUT2D eigenvalue weighted by Crippen LogP contribution is 2.23. The topological polar surface area (TPSA) is 29.5 Å². The number of aliphatic hydroxyl groups excluding tert-OH is 1. The first-order valence-electron chi connectivity index (χ1n) is 5.76. The van der Waals surface area contributed by atoms with Crippen LogP contribution in [0.25, 0.3) is 0 Å². The second-order valence-electron chi connectivity index (χ2n) is 4.34. The quantitative estimate of drug-likeness (QED) is 0.880. The van der Waals surface area contributed by atoms with Crippen LogP contribution in [0.3, 0.4) is 0 Å². The molecule has 2 unspecified atom stereocenters. The molecule has 0 saturated carbocycles. The molecule has 0 spiro atoms. The van der Waals surface area contributed by atoms with Gasteiger partial charge in [-0.15, -0.1) is 0 Å². The maximum Gasteiger partial charge on any atom is 0.0631 e. The summed E-state index contributed by atoms with van der Waals surface area (Å²) in [5, 5.41) is 10.8. The van der Waals surface area contributed by atoms with Gasteiger partial charge in [0.2, 0.25) is 0 Å². The Morgan fingerprint density at radius 2 is 2.25 bits per heavy atom. The number of halogens is 1. The van der Waals surface area contributed by atoms with Gasteiger partial charge in [0.25, 0.3) is 0 Å². The van der Waals surface area contributed by atoms with Gasteiger partial charge in [-0.25, -0.2) is 0 Å². The maximum atomic E-state index is 10.1. The Hall–Kier alpha value is -0.570. The highest BCUT2D eigenvalue weighted by atomic mass is 35.5. The van der Waals surface area contributed by atoms with Crippen molar-refractivity contribution in [2.75, 3.05) is 13.2 Å². The minimum absolute atomic E-state index is 0.255. The van der Waals surface area contributed by atoms with Crippen LogP contribution in [0.15, 0.2) is 24.3 Å². The van der Waals surface area contributed by atoms with E-state index in [0.717, 1.165) is 30.0 Å². The molecule has 2 nitrogen and oxygen atoms in total. The molecule has 1 fully saturated rings. The third kappa shape index (κ3) is 2.97. The lowest BCUT2D eigenvalue weighted by molar-refractivity contribution is -0.00846. The Labute approximate surface area is 101 Å². The molecule has 1 aliphatic rings. The van der Waals surface area contributed by atoms with E-state index >= 15 is 0 Å². The second-order valence-corrected chi connectivity index (χ2v) is 4.75. The SMILES string of the molecule is OC(Cc1ccccc1Cl)C1CCCOC1. The van der Waals surface area contributed by atoms with Crippen LogP contribution in [0, 0.1) is 5.92 Å². The number of ether oxygens (including phenoxy) is 1. The maximum absolute atomic E-state index is 10.1. The Bertz CT molecular complexity index is 334. The van der Waals surface area contributed by atoms with Crippen LogP contribution in [0.1, 0.15) is 18.4 Å². The molecule has 0 radical (unpaired) electrons. The monoisotopic (exact) mass is 240 g/mol. The number of rotatable bonds is 3. The van der Waals surface area contributed by atoms with Crippen molar-refractivity contribution in [2.45, 2.75) is 25.4 Å². The lowest BCUT2D eigenvalue weighted by atomic mass is 9.91. The van der Waals surface area contributed by atoms with Gasteiger partial charge >= 0.3 is 0 Å². The van der Waals surface area contributed by atoms with Gasteiger partial charge in [0, 0.05) is 24.0 Å². The highest BCUT2D eigenvalue weighted by Gasteiger charge is 2.22. The smallest absolute Gasteiger partial charge is 0.0631 e. The minimum Gasteiger partial charge on any atom is -0.392 e. The molecule has 2 atom stereocenters. The molecule has 0 aliphatic carbocycles. The predicted molar refractivity (Wildman–Crippen MR) is 64.7 cm³/mol. The van der Waals surface area contributed by atoms with Crippen molar-refractivity contribution >= 4 is 11.6 Å². The summed E-state index contributed by atoms with van der Waals surface area (Å²) in [6.45, 7) is 1.50. The molecule has 1 aromatic carbocycles. The standard InChI is InChI=1S/C13H17ClO2/c14-12-6-2-1-4-10(12)8-13(15)11-5-3-7-16-9-11/h1-2,4,6,11,13,15H,3,5,7-9H2. The number of aliphatic hydroxyl groups is 1. The molecule has 16 heavy (non-hydrogen) atoms. The molecule has 1 aliphatic heterocycles. The molecule has 0 aromatic heterocycles. The molecule has 1 saturated heterocycles. The molecule has 2 rings (SSSR count). The first kappa shape index (κ1) is 11.9. The normalized spacial score (nSPS) is 23.0. The summed E-state index contributed by atoms with van der Waals surface area (Å²) in [5.74, 6) is 0.255. The average molecular weight is 241 g/mol. The molecule has 1 heterocycles. The van der Waals surface area contributed by atoms with E-state index in [2.05, 4.69) is 0 Å². The van der Waals surface area contributed by atoms with Gasteiger partial charge in [-0.1, -0.05) is 29.8 Å². The van der Waals surface area contributed by atoms with E-state index in [1.54, 1.807) is 0 Å². The summed E-state index contributed by atoms with van der Waals surface area (Å²) in [6, 6.07) is 7.68. The van der Waals surface area contributed by atoms with Crippen LogP contribution < -0.4 is 0 Å². The van der Waals surface area contributed by atoms with E-state index in [1.807, 2.05) is 24.3 Å². The molecule has 3 heteroatoms. The van der Waals surface area contributed by atoms with E-state index in [0.29, 0.717) is 13.0 Å². The van der Waals surface area contributed by atoms with Crippen LogP contribution in [0.5, 0.6) is 0 Å². The van der Waals surface area contributed by atoms with Crippen molar-refractivity contribution in [3.05, 3.63) is 34.9 Å². The third-order valence-corrected chi connectivity index (χ3v) is 3.50. The zero-order valence-electron chi connectivity index (χ0n) is 9.23. The summed E-state index contributed by atoms with van der Waals surface area (Å²) < 4.78 is 5.38. The Morgan fingerprint density at radius 3 is 2.94 bits per heavy atom.